The molecule has 14 heavy (non-hydrogen) atoms. The summed E-state index contributed by atoms with van der Waals surface area (Å²) in [4.78, 5) is 0. The summed E-state index contributed by atoms with van der Waals surface area (Å²) in [6.45, 7) is 6.62. The number of hydrogen-bond donors (Lipinski definition) is 2. The fourth-order valence-corrected chi connectivity index (χ4v) is 1.92. The molecule has 0 amide bonds. The van der Waals surface area contributed by atoms with Crippen LogP contribution in [0.1, 0.15) is 24.1 Å². The van der Waals surface area contributed by atoms with Crippen LogP contribution in [0.2, 0.25) is 0 Å². The first kappa shape index (κ1) is 9.69. The van der Waals surface area contributed by atoms with Crippen LogP contribution in [0, 0.1) is 6.92 Å². The molecular formula is C12H18N2. The third-order valence-corrected chi connectivity index (χ3v) is 2.92. The summed E-state index contributed by atoms with van der Waals surface area (Å²) in [5.74, 6) is 0. The van der Waals surface area contributed by atoms with E-state index in [9.17, 15) is 0 Å². The SMILES string of the molecule is Cc1ccccc1[C@@H](C)NC1CNC1. The van der Waals surface area contributed by atoms with Gasteiger partial charge in [0, 0.05) is 25.2 Å². The van der Waals surface area contributed by atoms with Crippen molar-refractivity contribution in [3.63, 3.8) is 0 Å². The Hall–Kier alpha value is -0.860. The molecule has 1 heterocycles. The third kappa shape index (κ3) is 1.97. The zero-order valence-electron chi connectivity index (χ0n) is 8.88. The van der Waals surface area contributed by atoms with Gasteiger partial charge in [-0.1, -0.05) is 24.3 Å². The van der Waals surface area contributed by atoms with Crippen LogP contribution in [0.25, 0.3) is 0 Å². The fraction of sp³-hybridized carbons (Fsp3) is 0.500. The highest BCUT2D eigenvalue weighted by atomic mass is 15.1. The maximum Gasteiger partial charge on any atom is 0.0322 e. The molecule has 1 saturated heterocycles. The van der Waals surface area contributed by atoms with E-state index in [1.54, 1.807) is 0 Å². The van der Waals surface area contributed by atoms with Gasteiger partial charge < -0.3 is 10.6 Å². The van der Waals surface area contributed by atoms with Gasteiger partial charge >= 0.3 is 0 Å². The van der Waals surface area contributed by atoms with Crippen molar-refractivity contribution in [1.29, 1.82) is 0 Å². The Balaban J connectivity index is 2.02. The summed E-state index contributed by atoms with van der Waals surface area (Å²) in [5.41, 5.74) is 2.79. The van der Waals surface area contributed by atoms with Crippen LogP contribution in [0.3, 0.4) is 0 Å². The molecule has 2 nitrogen and oxygen atoms in total. The molecule has 1 aliphatic rings. The minimum absolute atomic E-state index is 0.461. The normalized spacial score (nSPS) is 19.0. The molecule has 1 atom stereocenters. The van der Waals surface area contributed by atoms with E-state index in [0.29, 0.717) is 12.1 Å². The molecule has 1 fully saturated rings. The summed E-state index contributed by atoms with van der Waals surface area (Å²) in [6.07, 6.45) is 0. The second-order valence-electron chi connectivity index (χ2n) is 4.10. The minimum atomic E-state index is 0.461. The van der Waals surface area contributed by atoms with Gasteiger partial charge in [0.05, 0.1) is 0 Å². The van der Waals surface area contributed by atoms with Crippen molar-refractivity contribution in [1.82, 2.24) is 10.6 Å². The van der Waals surface area contributed by atoms with E-state index in [-0.39, 0.29) is 0 Å². The summed E-state index contributed by atoms with van der Waals surface area (Å²) < 4.78 is 0. The standard InChI is InChI=1S/C12H18N2/c1-9-5-3-4-6-12(9)10(2)14-11-7-13-8-11/h3-6,10-11,13-14H,7-8H2,1-2H3/t10-/m1/s1. The summed E-state index contributed by atoms with van der Waals surface area (Å²) >= 11 is 0. The lowest BCUT2D eigenvalue weighted by Crippen LogP contribution is -2.55. The van der Waals surface area contributed by atoms with Crippen LogP contribution in [-0.4, -0.2) is 19.1 Å². The summed E-state index contributed by atoms with van der Waals surface area (Å²) in [5, 5.41) is 6.88. The van der Waals surface area contributed by atoms with E-state index >= 15 is 0 Å². The smallest absolute Gasteiger partial charge is 0.0322 e. The van der Waals surface area contributed by atoms with Gasteiger partial charge in [-0.3, -0.25) is 0 Å². The molecule has 0 saturated carbocycles. The van der Waals surface area contributed by atoms with E-state index in [1.165, 1.54) is 11.1 Å². The molecule has 76 valence electrons. The summed E-state index contributed by atoms with van der Waals surface area (Å²) in [6, 6.07) is 9.70. The van der Waals surface area contributed by atoms with E-state index in [2.05, 4.69) is 48.7 Å². The highest BCUT2D eigenvalue weighted by Crippen LogP contribution is 2.17. The quantitative estimate of drug-likeness (QED) is 0.757. The van der Waals surface area contributed by atoms with Crippen molar-refractivity contribution < 1.29 is 0 Å². The molecule has 0 bridgehead atoms. The molecule has 2 heteroatoms. The number of benzene rings is 1. The van der Waals surface area contributed by atoms with Crippen molar-refractivity contribution in [2.75, 3.05) is 13.1 Å². The predicted octanol–water partition coefficient (Wildman–Crippen LogP) is 1.62. The van der Waals surface area contributed by atoms with Gasteiger partial charge in [-0.15, -0.1) is 0 Å². The van der Waals surface area contributed by atoms with E-state index in [0.717, 1.165) is 13.1 Å². The van der Waals surface area contributed by atoms with Crippen molar-refractivity contribution in [3.05, 3.63) is 35.4 Å². The molecule has 1 aliphatic heterocycles. The lowest BCUT2D eigenvalue weighted by molar-refractivity contribution is 0.338. The number of hydrogen-bond acceptors (Lipinski definition) is 2. The van der Waals surface area contributed by atoms with Gasteiger partial charge in [-0.05, 0) is 25.0 Å². The van der Waals surface area contributed by atoms with Gasteiger partial charge in [-0.2, -0.15) is 0 Å². The first-order valence-electron chi connectivity index (χ1n) is 5.29. The Morgan fingerprint density at radius 1 is 1.36 bits per heavy atom. The number of nitrogens with one attached hydrogen (secondary N) is 2. The lowest BCUT2D eigenvalue weighted by atomic mass is 10.0. The van der Waals surface area contributed by atoms with E-state index in [4.69, 9.17) is 0 Å². The third-order valence-electron chi connectivity index (χ3n) is 2.92. The minimum Gasteiger partial charge on any atom is -0.314 e. The highest BCUT2D eigenvalue weighted by molar-refractivity contribution is 5.28. The maximum atomic E-state index is 3.61. The topological polar surface area (TPSA) is 24.1 Å². The molecule has 2 rings (SSSR count). The van der Waals surface area contributed by atoms with E-state index in [1.807, 2.05) is 0 Å². The van der Waals surface area contributed by atoms with Crippen molar-refractivity contribution in [3.8, 4) is 0 Å². The predicted molar refractivity (Wildman–Crippen MR) is 59.4 cm³/mol. The van der Waals surface area contributed by atoms with Gasteiger partial charge in [0.25, 0.3) is 0 Å². The molecule has 1 aromatic rings. The Bertz CT molecular complexity index is 305. The zero-order chi connectivity index (χ0) is 9.97. The second kappa shape index (κ2) is 4.11. The van der Waals surface area contributed by atoms with Gasteiger partial charge in [0.2, 0.25) is 0 Å². The van der Waals surface area contributed by atoms with E-state index < -0.39 is 0 Å². The molecule has 0 radical (unpaired) electrons. The largest absolute Gasteiger partial charge is 0.314 e. The van der Waals surface area contributed by atoms with Crippen LogP contribution < -0.4 is 10.6 Å². The molecular weight excluding hydrogens is 172 g/mol. The van der Waals surface area contributed by atoms with Crippen LogP contribution in [0.4, 0.5) is 0 Å². The number of rotatable bonds is 3. The highest BCUT2D eigenvalue weighted by Gasteiger charge is 2.19. The molecule has 0 spiro atoms. The second-order valence-corrected chi connectivity index (χ2v) is 4.10. The monoisotopic (exact) mass is 190 g/mol. The van der Waals surface area contributed by atoms with Crippen molar-refractivity contribution in [2.45, 2.75) is 25.9 Å². The Labute approximate surface area is 85.7 Å². The van der Waals surface area contributed by atoms with Gasteiger partial charge in [-0.25, -0.2) is 0 Å². The van der Waals surface area contributed by atoms with Crippen LogP contribution in [-0.2, 0) is 0 Å². The Morgan fingerprint density at radius 2 is 2.07 bits per heavy atom. The maximum absolute atomic E-state index is 3.61. The number of aryl methyl sites for hydroxylation is 1. The first-order valence-corrected chi connectivity index (χ1v) is 5.29. The summed E-state index contributed by atoms with van der Waals surface area (Å²) in [7, 11) is 0. The molecule has 1 aromatic carbocycles. The molecule has 0 unspecified atom stereocenters. The van der Waals surface area contributed by atoms with Gasteiger partial charge in [0.15, 0.2) is 0 Å². The Kier molecular flexibility index (Phi) is 2.85. The van der Waals surface area contributed by atoms with Crippen LogP contribution in [0.15, 0.2) is 24.3 Å². The van der Waals surface area contributed by atoms with Crippen molar-refractivity contribution in [2.24, 2.45) is 0 Å². The zero-order valence-corrected chi connectivity index (χ0v) is 8.88. The molecule has 2 N–H and O–H groups in total. The Morgan fingerprint density at radius 3 is 2.64 bits per heavy atom. The average Bonchev–Trinajstić information content (AvgIpc) is 2.12. The lowest BCUT2D eigenvalue weighted by Gasteiger charge is -2.31. The van der Waals surface area contributed by atoms with Crippen molar-refractivity contribution >= 4 is 0 Å². The van der Waals surface area contributed by atoms with Crippen LogP contribution in [0.5, 0.6) is 0 Å². The van der Waals surface area contributed by atoms with Crippen LogP contribution >= 0.6 is 0 Å². The fourth-order valence-electron chi connectivity index (χ4n) is 1.92. The molecule has 0 aliphatic carbocycles. The van der Waals surface area contributed by atoms with Gasteiger partial charge in [0.1, 0.15) is 0 Å². The molecule has 0 aromatic heterocycles. The first-order chi connectivity index (χ1) is 6.77. The average molecular weight is 190 g/mol.